The smallest absolute Gasteiger partial charge is 0.244 e. The zero-order valence-electron chi connectivity index (χ0n) is 10.3. The van der Waals surface area contributed by atoms with Gasteiger partial charge >= 0.3 is 0 Å². The Balaban J connectivity index is 1.96. The molecule has 1 aromatic heterocycles. The molecular weight excluding hydrogens is 364 g/mol. The van der Waals surface area contributed by atoms with Gasteiger partial charge in [0.05, 0.1) is 0 Å². The van der Waals surface area contributed by atoms with Crippen LogP contribution >= 0.6 is 31.9 Å². The van der Waals surface area contributed by atoms with Crippen LogP contribution < -0.4 is 0 Å². The van der Waals surface area contributed by atoms with Crippen LogP contribution in [0.2, 0.25) is 0 Å². The largest absolute Gasteiger partial charge is 0.341 e. The van der Waals surface area contributed by atoms with E-state index in [1.165, 1.54) is 19.3 Å². The van der Waals surface area contributed by atoms with Crippen molar-refractivity contribution in [2.45, 2.75) is 44.7 Å². The van der Waals surface area contributed by atoms with Crippen LogP contribution in [0.15, 0.2) is 9.47 Å². The van der Waals surface area contributed by atoms with Crippen LogP contribution in [-0.4, -0.2) is 38.7 Å². The first-order chi connectivity index (χ1) is 8.58. The summed E-state index contributed by atoms with van der Waals surface area (Å²) in [5, 5.41) is 4.11. The van der Waals surface area contributed by atoms with Gasteiger partial charge in [0, 0.05) is 13.1 Å². The van der Waals surface area contributed by atoms with Crippen molar-refractivity contribution in [3.8, 4) is 0 Å². The zero-order valence-corrected chi connectivity index (χ0v) is 13.4. The SMILES string of the molecule is CN(C(=O)Cn1nc(Br)nc1Br)C1CCCCC1. The molecule has 0 bridgehead atoms. The Morgan fingerprint density at radius 2 is 2.06 bits per heavy atom. The molecule has 1 heterocycles. The standard InChI is InChI=1S/C11H16Br2N4O/c1-16(8-5-3-2-4-6-8)9(18)7-17-11(13)14-10(12)15-17/h8H,2-7H2,1H3. The molecule has 1 aromatic rings. The van der Waals surface area contributed by atoms with Gasteiger partial charge < -0.3 is 4.90 Å². The number of aromatic nitrogens is 3. The summed E-state index contributed by atoms with van der Waals surface area (Å²) in [6.45, 7) is 0.228. The molecule has 1 fully saturated rings. The molecule has 1 saturated carbocycles. The Bertz CT molecular complexity index is 429. The predicted octanol–water partition coefficient (Wildman–Crippen LogP) is 2.59. The molecule has 5 nitrogen and oxygen atoms in total. The van der Waals surface area contributed by atoms with Crippen molar-refractivity contribution >= 4 is 37.8 Å². The van der Waals surface area contributed by atoms with E-state index in [0.29, 0.717) is 15.5 Å². The first-order valence-corrected chi connectivity index (χ1v) is 7.68. The third kappa shape index (κ3) is 3.32. The fourth-order valence-electron chi connectivity index (χ4n) is 2.31. The van der Waals surface area contributed by atoms with Gasteiger partial charge in [-0.15, -0.1) is 5.10 Å². The second-order valence-corrected chi connectivity index (χ2v) is 6.02. The fraction of sp³-hybridized carbons (Fsp3) is 0.727. The summed E-state index contributed by atoms with van der Waals surface area (Å²) >= 11 is 6.47. The lowest BCUT2D eigenvalue weighted by molar-refractivity contribution is -0.133. The second kappa shape index (κ2) is 6.14. The van der Waals surface area contributed by atoms with E-state index in [9.17, 15) is 4.79 Å². The topological polar surface area (TPSA) is 51.0 Å². The number of hydrogen-bond donors (Lipinski definition) is 0. The predicted molar refractivity (Wildman–Crippen MR) is 75.1 cm³/mol. The maximum Gasteiger partial charge on any atom is 0.244 e. The van der Waals surface area contributed by atoms with Crippen molar-refractivity contribution in [2.75, 3.05) is 7.05 Å². The van der Waals surface area contributed by atoms with Crippen LogP contribution in [0.25, 0.3) is 0 Å². The number of nitrogens with zero attached hydrogens (tertiary/aromatic N) is 4. The van der Waals surface area contributed by atoms with Crippen LogP contribution in [0.5, 0.6) is 0 Å². The van der Waals surface area contributed by atoms with Crippen molar-refractivity contribution < 1.29 is 4.79 Å². The molecule has 0 atom stereocenters. The maximum atomic E-state index is 12.2. The lowest BCUT2D eigenvalue weighted by atomic mass is 9.94. The van der Waals surface area contributed by atoms with Crippen molar-refractivity contribution in [1.82, 2.24) is 19.7 Å². The number of carbonyl (C=O) groups is 1. The Hall–Kier alpha value is -0.430. The molecule has 0 spiro atoms. The molecule has 1 aliphatic carbocycles. The molecule has 1 aliphatic rings. The number of halogens is 2. The Labute approximate surface area is 123 Å². The highest BCUT2D eigenvalue weighted by Crippen LogP contribution is 2.22. The number of carbonyl (C=O) groups excluding carboxylic acids is 1. The summed E-state index contributed by atoms with van der Waals surface area (Å²) in [5.74, 6) is 0.0833. The summed E-state index contributed by atoms with van der Waals surface area (Å²) in [6.07, 6.45) is 5.97. The molecule has 0 unspecified atom stereocenters. The van der Waals surface area contributed by atoms with E-state index >= 15 is 0 Å². The lowest BCUT2D eigenvalue weighted by Gasteiger charge is -2.31. The highest BCUT2D eigenvalue weighted by molar-refractivity contribution is 9.11. The third-order valence-corrected chi connectivity index (χ3v) is 4.32. The van der Waals surface area contributed by atoms with E-state index in [2.05, 4.69) is 41.9 Å². The summed E-state index contributed by atoms with van der Waals surface area (Å²) < 4.78 is 2.62. The van der Waals surface area contributed by atoms with Gasteiger partial charge in [-0.05, 0) is 44.7 Å². The van der Waals surface area contributed by atoms with Gasteiger partial charge in [0.2, 0.25) is 10.6 Å². The number of hydrogen-bond acceptors (Lipinski definition) is 3. The molecule has 0 N–H and O–H groups in total. The van der Waals surface area contributed by atoms with Gasteiger partial charge in [0.15, 0.2) is 4.73 Å². The van der Waals surface area contributed by atoms with Crippen LogP contribution in [0, 0.1) is 0 Å². The van der Waals surface area contributed by atoms with E-state index < -0.39 is 0 Å². The first-order valence-electron chi connectivity index (χ1n) is 6.09. The van der Waals surface area contributed by atoms with Crippen molar-refractivity contribution in [3.63, 3.8) is 0 Å². The Morgan fingerprint density at radius 1 is 1.39 bits per heavy atom. The molecule has 2 rings (SSSR count). The van der Waals surface area contributed by atoms with E-state index in [4.69, 9.17) is 0 Å². The second-order valence-electron chi connectivity index (χ2n) is 4.60. The molecular formula is C11H16Br2N4O. The van der Waals surface area contributed by atoms with Gasteiger partial charge in [0.1, 0.15) is 6.54 Å². The first kappa shape index (κ1) is 14.0. The third-order valence-electron chi connectivity index (χ3n) is 3.40. The van der Waals surface area contributed by atoms with Crippen LogP contribution in [0.4, 0.5) is 0 Å². The van der Waals surface area contributed by atoms with E-state index in [1.54, 1.807) is 4.68 Å². The molecule has 1 amide bonds. The van der Waals surface area contributed by atoms with Crippen LogP contribution in [0.1, 0.15) is 32.1 Å². The lowest BCUT2D eigenvalue weighted by Crippen LogP contribution is -2.40. The normalized spacial score (nSPS) is 16.8. The van der Waals surface area contributed by atoms with E-state index in [-0.39, 0.29) is 12.5 Å². The summed E-state index contributed by atoms with van der Waals surface area (Å²) in [5.41, 5.74) is 0. The molecule has 0 aliphatic heterocycles. The van der Waals surface area contributed by atoms with Crippen LogP contribution in [-0.2, 0) is 11.3 Å². The number of rotatable bonds is 3. The molecule has 0 saturated heterocycles. The average Bonchev–Trinajstić information content (AvgIpc) is 2.68. The highest BCUT2D eigenvalue weighted by atomic mass is 79.9. The Morgan fingerprint density at radius 3 is 2.61 bits per heavy atom. The van der Waals surface area contributed by atoms with Gasteiger partial charge in [-0.3, -0.25) is 4.79 Å². The van der Waals surface area contributed by atoms with Crippen molar-refractivity contribution in [2.24, 2.45) is 0 Å². The number of amides is 1. The minimum atomic E-state index is 0.0833. The minimum absolute atomic E-state index is 0.0833. The molecule has 7 heteroatoms. The van der Waals surface area contributed by atoms with Crippen molar-refractivity contribution in [1.29, 1.82) is 0 Å². The molecule has 0 radical (unpaired) electrons. The van der Waals surface area contributed by atoms with Gasteiger partial charge in [-0.1, -0.05) is 19.3 Å². The Kier molecular flexibility index (Phi) is 4.77. The summed E-state index contributed by atoms with van der Waals surface area (Å²) in [6, 6.07) is 0.386. The van der Waals surface area contributed by atoms with Gasteiger partial charge in [0.25, 0.3) is 0 Å². The summed E-state index contributed by atoms with van der Waals surface area (Å²) in [7, 11) is 1.89. The van der Waals surface area contributed by atoms with Crippen LogP contribution in [0.3, 0.4) is 0 Å². The summed E-state index contributed by atoms with van der Waals surface area (Å²) in [4.78, 5) is 18.1. The maximum absolute atomic E-state index is 12.2. The average molecular weight is 380 g/mol. The monoisotopic (exact) mass is 378 g/mol. The quantitative estimate of drug-likeness (QED) is 0.810. The van der Waals surface area contributed by atoms with Gasteiger partial charge in [-0.25, -0.2) is 4.68 Å². The molecule has 100 valence electrons. The minimum Gasteiger partial charge on any atom is -0.341 e. The number of likely N-dealkylation sites (N-methyl/N-ethyl adjacent to an activating group) is 1. The molecule has 18 heavy (non-hydrogen) atoms. The van der Waals surface area contributed by atoms with Crippen molar-refractivity contribution in [3.05, 3.63) is 9.47 Å². The fourth-order valence-corrected chi connectivity index (χ4v) is 3.28. The van der Waals surface area contributed by atoms with Gasteiger partial charge in [-0.2, -0.15) is 4.98 Å². The molecule has 0 aromatic carbocycles. The van der Waals surface area contributed by atoms with E-state index in [1.807, 2.05) is 11.9 Å². The zero-order chi connectivity index (χ0) is 13.1. The van der Waals surface area contributed by atoms with E-state index in [0.717, 1.165) is 12.8 Å². The highest BCUT2D eigenvalue weighted by Gasteiger charge is 2.22.